The molecule has 0 saturated heterocycles. The predicted molar refractivity (Wildman–Crippen MR) is 113 cm³/mol. The molecule has 0 amide bonds. The molecule has 0 aliphatic carbocycles. The van der Waals surface area contributed by atoms with Gasteiger partial charge < -0.3 is 9.47 Å². The van der Waals surface area contributed by atoms with Crippen LogP contribution in [0.1, 0.15) is 19.3 Å². The molecule has 0 spiro atoms. The molecule has 4 rings (SSSR count). The van der Waals surface area contributed by atoms with Crippen LogP contribution in [0, 0.1) is 0 Å². The average Bonchev–Trinajstić information content (AvgIpc) is 2.73. The standard InChI is InChI=1S/C25H24O2/c1(6-16-26-24-14-12-20-8-2-4-10-22(20)18-24)7-17-27-25-15-13-21-9-3-5-11-23(21)19-25/h2-5,8-15,18-19H,1,6-7,16-17H2. The van der Waals surface area contributed by atoms with E-state index < -0.39 is 0 Å². The predicted octanol–water partition coefficient (Wildman–Crippen LogP) is 6.62. The Kier molecular flexibility index (Phi) is 5.54. The second kappa shape index (κ2) is 8.59. The molecule has 0 aliphatic rings. The van der Waals surface area contributed by atoms with Crippen LogP contribution in [0.5, 0.6) is 11.5 Å². The van der Waals surface area contributed by atoms with Crippen molar-refractivity contribution in [3.05, 3.63) is 84.9 Å². The van der Waals surface area contributed by atoms with Crippen molar-refractivity contribution >= 4 is 21.5 Å². The zero-order valence-electron chi connectivity index (χ0n) is 15.4. The molecule has 2 nitrogen and oxygen atoms in total. The summed E-state index contributed by atoms with van der Waals surface area (Å²) >= 11 is 0. The average molecular weight is 356 g/mol. The van der Waals surface area contributed by atoms with E-state index in [2.05, 4.69) is 72.8 Å². The maximum absolute atomic E-state index is 5.89. The van der Waals surface area contributed by atoms with Crippen LogP contribution in [0.3, 0.4) is 0 Å². The summed E-state index contributed by atoms with van der Waals surface area (Å²) < 4.78 is 11.8. The molecule has 0 N–H and O–H groups in total. The topological polar surface area (TPSA) is 18.5 Å². The Morgan fingerprint density at radius 3 is 1.37 bits per heavy atom. The summed E-state index contributed by atoms with van der Waals surface area (Å²) in [6, 6.07) is 29.2. The molecule has 0 atom stereocenters. The Bertz CT molecular complexity index is 939. The van der Waals surface area contributed by atoms with E-state index in [1.165, 1.54) is 21.5 Å². The van der Waals surface area contributed by atoms with Crippen molar-refractivity contribution in [2.45, 2.75) is 19.3 Å². The highest BCUT2D eigenvalue weighted by atomic mass is 16.5. The lowest BCUT2D eigenvalue weighted by atomic mass is 10.1. The van der Waals surface area contributed by atoms with Crippen LogP contribution < -0.4 is 9.47 Å². The van der Waals surface area contributed by atoms with Gasteiger partial charge in [-0.15, -0.1) is 0 Å². The van der Waals surface area contributed by atoms with E-state index in [4.69, 9.17) is 9.47 Å². The fourth-order valence-corrected chi connectivity index (χ4v) is 3.28. The van der Waals surface area contributed by atoms with Crippen LogP contribution in [0.2, 0.25) is 0 Å². The van der Waals surface area contributed by atoms with E-state index in [9.17, 15) is 0 Å². The van der Waals surface area contributed by atoms with Gasteiger partial charge in [0.1, 0.15) is 11.5 Å². The first kappa shape index (κ1) is 17.4. The molecule has 0 fully saturated rings. The Labute approximate surface area is 160 Å². The van der Waals surface area contributed by atoms with Crippen LogP contribution in [-0.4, -0.2) is 13.2 Å². The number of rotatable bonds is 8. The zero-order valence-corrected chi connectivity index (χ0v) is 15.4. The van der Waals surface area contributed by atoms with E-state index in [-0.39, 0.29) is 0 Å². The van der Waals surface area contributed by atoms with E-state index in [0.717, 1.165) is 44.0 Å². The number of hydrogen-bond donors (Lipinski definition) is 0. The van der Waals surface area contributed by atoms with Crippen LogP contribution in [-0.2, 0) is 0 Å². The normalized spacial score (nSPS) is 11.0. The SMILES string of the molecule is c1ccc2cc(OCCCCCOc3ccc4ccccc4c3)ccc2c1. The first-order valence-corrected chi connectivity index (χ1v) is 9.62. The maximum atomic E-state index is 5.89. The summed E-state index contributed by atoms with van der Waals surface area (Å²) in [5.74, 6) is 1.89. The first-order chi connectivity index (χ1) is 13.4. The van der Waals surface area contributed by atoms with Gasteiger partial charge in [0.2, 0.25) is 0 Å². The van der Waals surface area contributed by atoms with Crippen LogP contribution in [0.25, 0.3) is 21.5 Å². The maximum Gasteiger partial charge on any atom is 0.119 e. The molecular formula is C25H24O2. The fourth-order valence-electron chi connectivity index (χ4n) is 3.28. The summed E-state index contributed by atoms with van der Waals surface area (Å²) in [4.78, 5) is 0. The van der Waals surface area contributed by atoms with Crippen LogP contribution in [0.15, 0.2) is 84.9 Å². The van der Waals surface area contributed by atoms with E-state index in [1.54, 1.807) is 0 Å². The van der Waals surface area contributed by atoms with Gasteiger partial charge in [0.25, 0.3) is 0 Å². The lowest BCUT2D eigenvalue weighted by molar-refractivity contribution is 0.280. The van der Waals surface area contributed by atoms with Crippen molar-refractivity contribution in [2.24, 2.45) is 0 Å². The van der Waals surface area contributed by atoms with Crippen LogP contribution in [0.4, 0.5) is 0 Å². The highest BCUT2D eigenvalue weighted by Gasteiger charge is 1.99. The van der Waals surface area contributed by atoms with Gasteiger partial charge in [0.15, 0.2) is 0 Å². The molecule has 4 aromatic carbocycles. The van der Waals surface area contributed by atoms with Gasteiger partial charge in [-0.25, -0.2) is 0 Å². The summed E-state index contributed by atoms with van der Waals surface area (Å²) in [5, 5.41) is 4.93. The summed E-state index contributed by atoms with van der Waals surface area (Å²) in [6.07, 6.45) is 3.17. The lowest BCUT2D eigenvalue weighted by Gasteiger charge is -2.09. The monoisotopic (exact) mass is 356 g/mol. The number of hydrogen-bond acceptors (Lipinski definition) is 2. The summed E-state index contributed by atoms with van der Waals surface area (Å²) in [6.45, 7) is 1.49. The van der Waals surface area contributed by atoms with Gasteiger partial charge in [-0.2, -0.15) is 0 Å². The number of unbranched alkanes of at least 4 members (excludes halogenated alkanes) is 2. The summed E-state index contributed by atoms with van der Waals surface area (Å²) in [5.41, 5.74) is 0. The molecule has 27 heavy (non-hydrogen) atoms. The van der Waals surface area contributed by atoms with Gasteiger partial charge in [-0.1, -0.05) is 60.7 Å². The largest absolute Gasteiger partial charge is 0.494 e. The highest BCUT2D eigenvalue weighted by Crippen LogP contribution is 2.22. The Morgan fingerprint density at radius 1 is 0.444 bits per heavy atom. The molecule has 4 aromatic rings. The van der Waals surface area contributed by atoms with Crippen molar-refractivity contribution in [3.8, 4) is 11.5 Å². The van der Waals surface area contributed by atoms with Gasteiger partial charge in [-0.3, -0.25) is 0 Å². The van der Waals surface area contributed by atoms with Crippen molar-refractivity contribution in [2.75, 3.05) is 13.2 Å². The number of benzene rings is 4. The molecule has 0 aliphatic heterocycles. The third-order valence-corrected chi connectivity index (χ3v) is 4.77. The third kappa shape index (κ3) is 4.59. The third-order valence-electron chi connectivity index (χ3n) is 4.77. The molecule has 0 radical (unpaired) electrons. The minimum atomic E-state index is 0.744. The quantitative estimate of drug-likeness (QED) is 0.330. The zero-order chi connectivity index (χ0) is 18.3. The highest BCUT2D eigenvalue weighted by molar-refractivity contribution is 5.84. The minimum absolute atomic E-state index is 0.744. The second-order valence-electron chi connectivity index (χ2n) is 6.78. The van der Waals surface area contributed by atoms with Crippen molar-refractivity contribution in [1.29, 1.82) is 0 Å². The molecule has 2 heteroatoms. The van der Waals surface area contributed by atoms with Crippen molar-refractivity contribution < 1.29 is 9.47 Å². The Balaban J connectivity index is 1.16. The number of ether oxygens (including phenoxy) is 2. The molecule has 0 saturated carbocycles. The van der Waals surface area contributed by atoms with Crippen LogP contribution >= 0.6 is 0 Å². The van der Waals surface area contributed by atoms with E-state index in [0.29, 0.717) is 0 Å². The first-order valence-electron chi connectivity index (χ1n) is 9.62. The Hall–Kier alpha value is -3.00. The second-order valence-corrected chi connectivity index (χ2v) is 6.78. The van der Waals surface area contributed by atoms with Gasteiger partial charge >= 0.3 is 0 Å². The molecule has 0 aromatic heterocycles. The Morgan fingerprint density at radius 2 is 0.889 bits per heavy atom. The van der Waals surface area contributed by atoms with E-state index in [1.807, 2.05) is 12.1 Å². The van der Waals surface area contributed by atoms with Crippen molar-refractivity contribution in [1.82, 2.24) is 0 Å². The molecule has 0 heterocycles. The smallest absolute Gasteiger partial charge is 0.119 e. The van der Waals surface area contributed by atoms with Gasteiger partial charge in [-0.05, 0) is 65.1 Å². The van der Waals surface area contributed by atoms with E-state index >= 15 is 0 Å². The molecular weight excluding hydrogens is 332 g/mol. The molecule has 0 unspecified atom stereocenters. The van der Waals surface area contributed by atoms with Crippen molar-refractivity contribution in [3.63, 3.8) is 0 Å². The fraction of sp³-hybridized carbons (Fsp3) is 0.200. The molecule has 0 bridgehead atoms. The van der Waals surface area contributed by atoms with Gasteiger partial charge in [0.05, 0.1) is 13.2 Å². The summed E-state index contributed by atoms with van der Waals surface area (Å²) in [7, 11) is 0. The number of fused-ring (bicyclic) bond motifs is 2. The lowest BCUT2D eigenvalue weighted by Crippen LogP contribution is -2.01. The molecule has 136 valence electrons. The minimum Gasteiger partial charge on any atom is -0.494 e. The van der Waals surface area contributed by atoms with Gasteiger partial charge in [0, 0.05) is 0 Å².